The number of aliphatic imine (C=N–C) groups is 1. The van der Waals surface area contributed by atoms with Crippen LogP contribution in [0.3, 0.4) is 0 Å². The molecular weight excluding hydrogens is 226 g/mol. The number of hydrogen-bond donors (Lipinski definition) is 0. The van der Waals surface area contributed by atoms with Gasteiger partial charge in [0.2, 0.25) is 0 Å². The van der Waals surface area contributed by atoms with Gasteiger partial charge >= 0.3 is 6.03 Å². The number of carbonyl (C=O) groups excluding carboxylic acids is 1. The van der Waals surface area contributed by atoms with Crippen molar-refractivity contribution >= 4 is 17.6 Å². The number of para-hydroxylation sites is 1. The van der Waals surface area contributed by atoms with Crippen molar-refractivity contribution in [3.05, 3.63) is 30.3 Å². The Hall–Kier alpha value is -1.84. The molecule has 1 fully saturated rings. The van der Waals surface area contributed by atoms with Gasteiger partial charge in [-0.1, -0.05) is 18.2 Å². The van der Waals surface area contributed by atoms with Crippen molar-refractivity contribution in [2.75, 3.05) is 25.0 Å². The van der Waals surface area contributed by atoms with E-state index in [2.05, 4.69) is 9.89 Å². The van der Waals surface area contributed by atoms with Crippen LogP contribution in [0.2, 0.25) is 0 Å². The number of carbonyl (C=O) groups is 1. The molecule has 2 amide bonds. The van der Waals surface area contributed by atoms with Crippen LogP contribution in [0.1, 0.15) is 19.8 Å². The van der Waals surface area contributed by atoms with Crippen LogP contribution in [0, 0.1) is 0 Å². The molecular formula is C14H19N3O. The van der Waals surface area contributed by atoms with Gasteiger partial charge in [-0.2, -0.15) is 4.99 Å². The van der Waals surface area contributed by atoms with E-state index < -0.39 is 0 Å². The van der Waals surface area contributed by atoms with Gasteiger partial charge in [-0.3, -0.25) is 4.90 Å². The molecule has 4 heteroatoms. The summed E-state index contributed by atoms with van der Waals surface area (Å²) in [6.45, 7) is 3.58. The molecule has 2 rings (SSSR count). The smallest absolute Gasteiger partial charge is 0.349 e. The maximum atomic E-state index is 12.2. The standard InChI is InChI=1S/C14H19N3O/c1-3-17(12-8-5-4-6-9-12)14(18)15-13-10-7-11-16(13)2/h4-6,8-9H,3,7,10-11H2,1-2H3/b15-13-. The lowest BCUT2D eigenvalue weighted by Crippen LogP contribution is -2.30. The Morgan fingerprint density at radius 2 is 2.11 bits per heavy atom. The molecule has 1 aromatic rings. The number of amidine groups is 1. The minimum atomic E-state index is -0.174. The Balaban J connectivity index is 2.16. The molecule has 4 nitrogen and oxygen atoms in total. The number of anilines is 1. The zero-order chi connectivity index (χ0) is 13.0. The van der Waals surface area contributed by atoms with Crippen LogP contribution >= 0.6 is 0 Å². The highest BCUT2D eigenvalue weighted by molar-refractivity contribution is 6.01. The largest absolute Gasteiger partial charge is 0.363 e. The van der Waals surface area contributed by atoms with Crippen LogP contribution in [0.25, 0.3) is 0 Å². The number of hydrogen-bond acceptors (Lipinski definition) is 1. The van der Waals surface area contributed by atoms with E-state index in [0.717, 1.165) is 30.9 Å². The van der Waals surface area contributed by atoms with E-state index in [1.165, 1.54) is 0 Å². The van der Waals surface area contributed by atoms with Crippen molar-refractivity contribution in [2.24, 2.45) is 4.99 Å². The summed E-state index contributed by atoms with van der Waals surface area (Å²) in [7, 11) is 1.98. The van der Waals surface area contributed by atoms with Crippen LogP contribution in [0.15, 0.2) is 35.3 Å². The topological polar surface area (TPSA) is 35.9 Å². The summed E-state index contributed by atoms with van der Waals surface area (Å²) in [5.41, 5.74) is 0.898. The van der Waals surface area contributed by atoms with E-state index in [1.54, 1.807) is 4.90 Å². The van der Waals surface area contributed by atoms with Gasteiger partial charge in [0.05, 0.1) is 0 Å². The molecule has 0 N–H and O–H groups in total. The molecule has 0 bridgehead atoms. The summed E-state index contributed by atoms with van der Waals surface area (Å²) < 4.78 is 0. The maximum Gasteiger partial charge on any atom is 0.349 e. The van der Waals surface area contributed by atoms with Crippen molar-refractivity contribution < 1.29 is 4.79 Å². The third-order valence-electron chi connectivity index (χ3n) is 3.17. The molecule has 0 atom stereocenters. The first-order valence-electron chi connectivity index (χ1n) is 6.37. The Morgan fingerprint density at radius 3 is 2.67 bits per heavy atom. The van der Waals surface area contributed by atoms with E-state index in [9.17, 15) is 4.79 Å². The summed E-state index contributed by atoms with van der Waals surface area (Å²) in [5.74, 6) is 0.898. The van der Waals surface area contributed by atoms with Crippen LogP contribution in [-0.2, 0) is 0 Å². The van der Waals surface area contributed by atoms with Crippen LogP contribution < -0.4 is 4.90 Å². The Kier molecular flexibility index (Phi) is 3.97. The fraction of sp³-hybridized carbons (Fsp3) is 0.429. The Labute approximate surface area is 108 Å². The van der Waals surface area contributed by atoms with E-state index in [0.29, 0.717) is 6.54 Å². The molecule has 0 saturated carbocycles. The van der Waals surface area contributed by atoms with Gasteiger partial charge in [0.1, 0.15) is 5.84 Å². The molecule has 1 aliphatic rings. The fourth-order valence-electron chi connectivity index (χ4n) is 2.14. The quantitative estimate of drug-likeness (QED) is 0.803. The molecule has 1 aliphatic heterocycles. The highest BCUT2D eigenvalue weighted by Gasteiger charge is 2.18. The number of urea groups is 1. The number of rotatable bonds is 2. The minimum absolute atomic E-state index is 0.174. The van der Waals surface area contributed by atoms with Gasteiger partial charge in [0, 0.05) is 32.2 Å². The first kappa shape index (κ1) is 12.6. The molecule has 0 radical (unpaired) electrons. The second-order valence-electron chi connectivity index (χ2n) is 4.42. The summed E-state index contributed by atoms with van der Waals surface area (Å²) in [4.78, 5) is 20.2. The van der Waals surface area contributed by atoms with E-state index in [4.69, 9.17) is 0 Å². The fourth-order valence-corrected chi connectivity index (χ4v) is 2.14. The van der Waals surface area contributed by atoms with Gasteiger partial charge in [-0.15, -0.1) is 0 Å². The molecule has 0 aromatic heterocycles. The number of likely N-dealkylation sites (tertiary alicyclic amines) is 1. The predicted octanol–water partition coefficient (Wildman–Crippen LogP) is 2.76. The lowest BCUT2D eigenvalue weighted by Gasteiger charge is -2.19. The molecule has 1 saturated heterocycles. The lowest BCUT2D eigenvalue weighted by atomic mass is 10.3. The van der Waals surface area contributed by atoms with Crippen molar-refractivity contribution in [2.45, 2.75) is 19.8 Å². The monoisotopic (exact) mass is 245 g/mol. The average molecular weight is 245 g/mol. The number of amides is 2. The normalized spacial score (nSPS) is 17.2. The van der Waals surface area contributed by atoms with E-state index in [-0.39, 0.29) is 6.03 Å². The van der Waals surface area contributed by atoms with Gasteiger partial charge in [0.15, 0.2) is 0 Å². The van der Waals surface area contributed by atoms with E-state index in [1.807, 2.05) is 44.3 Å². The lowest BCUT2D eigenvalue weighted by molar-refractivity contribution is 0.254. The van der Waals surface area contributed by atoms with Gasteiger partial charge in [-0.25, -0.2) is 4.79 Å². The Bertz CT molecular complexity index is 442. The molecule has 1 aromatic carbocycles. The minimum Gasteiger partial charge on any atom is -0.363 e. The van der Waals surface area contributed by atoms with Gasteiger partial charge in [-0.05, 0) is 25.5 Å². The van der Waals surface area contributed by atoms with Crippen LogP contribution in [0.5, 0.6) is 0 Å². The predicted molar refractivity (Wildman–Crippen MR) is 74.2 cm³/mol. The summed E-state index contributed by atoms with van der Waals surface area (Å²) in [6.07, 6.45) is 1.98. The van der Waals surface area contributed by atoms with Crippen molar-refractivity contribution in [3.63, 3.8) is 0 Å². The zero-order valence-electron chi connectivity index (χ0n) is 11.0. The van der Waals surface area contributed by atoms with Crippen molar-refractivity contribution in [1.29, 1.82) is 0 Å². The molecule has 18 heavy (non-hydrogen) atoms. The second kappa shape index (κ2) is 5.67. The highest BCUT2D eigenvalue weighted by Crippen LogP contribution is 2.16. The first-order chi connectivity index (χ1) is 8.72. The molecule has 0 aliphatic carbocycles. The van der Waals surface area contributed by atoms with Gasteiger partial charge in [0.25, 0.3) is 0 Å². The second-order valence-corrected chi connectivity index (χ2v) is 4.42. The van der Waals surface area contributed by atoms with Gasteiger partial charge < -0.3 is 4.90 Å². The Morgan fingerprint density at radius 1 is 1.39 bits per heavy atom. The highest BCUT2D eigenvalue weighted by atomic mass is 16.2. The van der Waals surface area contributed by atoms with E-state index >= 15 is 0 Å². The molecule has 96 valence electrons. The zero-order valence-corrected chi connectivity index (χ0v) is 11.0. The summed E-state index contributed by atoms with van der Waals surface area (Å²) >= 11 is 0. The third-order valence-corrected chi connectivity index (χ3v) is 3.17. The summed E-state index contributed by atoms with van der Waals surface area (Å²) in [6, 6.07) is 9.49. The number of benzene rings is 1. The molecule has 1 heterocycles. The first-order valence-corrected chi connectivity index (χ1v) is 6.37. The van der Waals surface area contributed by atoms with Crippen LogP contribution in [0.4, 0.5) is 10.5 Å². The van der Waals surface area contributed by atoms with Crippen molar-refractivity contribution in [3.8, 4) is 0 Å². The average Bonchev–Trinajstić information content (AvgIpc) is 2.77. The molecule has 0 spiro atoms. The summed E-state index contributed by atoms with van der Waals surface area (Å²) in [5, 5.41) is 0. The number of nitrogens with zero attached hydrogens (tertiary/aromatic N) is 3. The third kappa shape index (κ3) is 2.70. The van der Waals surface area contributed by atoms with Crippen LogP contribution in [-0.4, -0.2) is 36.9 Å². The SMILES string of the molecule is CCN(C(=O)/N=C1/CCCN1C)c1ccccc1. The maximum absolute atomic E-state index is 12.2. The molecule has 0 unspecified atom stereocenters. The van der Waals surface area contributed by atoms with Crippen molar-refractivity contribution in [1.82, 2.24) is 4.90 Å².